The van der Waals surface area contributed by atoms with E-state index in [0.29, 0.717) is 0 Å². The van der Waals surface area contributed by atoms with E-state index >= 15 is 0 Å². The van der Waals surface area contributed by atoms with Gasteiger partial charge < -0.3 is 10.2 Å². The zero-order chi connectivity index (χ0) is 11.4. The number of hydrogen-bond acceptors (Lipinski definition) is 1. The van der Waals surface area contributed by atoms with Crippen molar-refractivity contribution in [2.24, 2.45) is 0 Å². The molecule has 3 nitrogen and oxygen atoms in total. The third-order valence-electron chi connectivity index (χ3n) is 4.25. The van der Waals surface area contributed by atoms with Crippen molar-refractivity contribution in [1.29, 1.82) is 0 Å². The number of urea groups is 1. The zero-order valence-electron chi connectivity index (χ0n) is 10.4. The fraction of sp³-hybridized carbons (Fsp3) is 0.923. The van der Waals surface area contributed by atoms with Crippen LogP contribution in [-0.4, -0.2) is 29.6 Å². The van der Waals surface area contributed by atoms with E-state index < -0.39 is 0 Å². The van der Waals surface area contributed by atoms with Gasteiger partial charge in [0.15, 0.2) is 0 Å². The summed E-state index contributed by atoms with van der Waals surface area (Å²) in [5.74, 6) is 0. The lowest BCUT2D eigenvalue weighted by Gasteiger charge is -2.43. The number of nitrogens with zero attached hydrogens (tertiary/aromatic N) is 1. The van der Waals surface area contributed by atoms with Crippen molar-refractivity contribution in [3.05, 3.63) is 0 Å². The summed E-state index contributed by atoms with van der Waals surface area (Å²) in [6, 6.07) is 0.184. The molecule has 0 aromatic rings. The van der Waals surface area contributed by atoms with Crippen LogP contribution < -0.4 is 5.32 Å². The largest absolute Gasteiger partial charge is 0.333 e. The number of likely N-dealkylation sites (tertiary alicyclic amines) is 1. The molecule has 0 aromatic carbocycles. The minimum absolute atomic E-state index is 0.142. The highest BCUT2D eigenvalue weighted by molar-refractivity contribution is 5.75. The molecule has 2 fully saturated rings. The van der Waals surface area contributed by atoms with Gasteiger partial charge in [0.1, 0.15) is 0 Å². The van der Waals surface area contributed by atoms with Crippen LogP contribution in [0.1, 0.15) is 58.3 Å². The monoisotopic (exact) mass is 224 g/mol. The number of carbonyl (C=O) groups excluding carboxylic acids is 1. The van der Waals surface area contributed by atoms with Crippen LogP contribution in [0.5, 0.6) is 0 Å². The lowest BCUT2D eigenvalue weighted by molar-refractivity contribution is 0.147. The first-order valence-electron chi connectivity index (χ1n) is 6.83. The first-order valence-corrected chi connectivity index (χ1v) is 6.83. The topological polar surface area (TPSA) is 32.3 Å². The molecule has 0 bridgehead atoms. The highest BCUT2D eigenvalue weighted by Crippen LogP contribution is 2.34. The van der Waals surface area contributed by atoms with Gasteiger partial charge in [0.2, 0.25) is 0 Å². The molecule has 3 heteroatoms. The second-order valence-corrected chi connectivity index (χ2v) is 5.32. The predicted octanol–water partition coefficient (Wildman–Crippen LogP) is 2.90. The number of amides is 2. The Kier molecular flexibility index (Phi) is 3.72. The number of carbonyl (C=O) groups is 1. The summed E-state index contributed by atoms with van der Waals surface area (Å²) in [5, 5.41) is 3.26. The molecule has 0 aromatic heterocycles. The average Bonchev–Trinajstić information content (AvgIpc) is 2.51. The average molecular weight is 224 g/mol. The first kappa shape index (κ1) is 11.7. The molecule has 0 unspecified atom stereocenters. The molecule has 2 rings (SSSR count). The minimum atomic E-state index is 0.142. The van der Waals surface area contributed by atoms with E-state index in [1.165, 1.54) is 44.9 Å². The number of hydrogen-bond donors (Lipinski definition) is 1. The van der Waals surface area contributed by atoms with Crippen molar-refractivity contribution >= 4 is 6.03 Å². The molecule has 1 aliphatic heterocycles. The maximum absolute atomic E-state index is 12.1. The fourth-order valence-electron chi connectivity index (χ4n) is 2.75. The van der Waals surface area contributed by atoms with Gasteiger partial charge in [0, 0.05) is 18.6 Å². The van der Waals surface area contributed by atoms with Crippen LogP contribution in [0.25, 0.3) is 0 Å². The molecule has 2 amide bonds. The van der Waals surface area contributed by atoms with E-state index in [0.717, 1.165) is 19.5 Å². The standard InChI is InChI=1S/C13H24N2O/c1-2-13(8-7-9-13)14-12(16)15-10-5-3-4-6-11-15/h2-11H2,1H3,(H,14,16). The zero-order valence-corrected chi connectivity index (χ0v) is 10.4. The maximum Gasteiger partial charge on any atom is 0.317 e. The highest BCUT2D eigenvalue weighted by atomic mass is 16.2. The summed E-state index contributed by atoms with van der Waals surface area (Å²) in [7, 11) is 0. The van der Waals surface area contributed by atoms with Crippen molar-refractivity contribution in [3.8, 4) is 0 Å². The maximum atomic E-state index is 12.1. The second kappa shape index (κ2) is 5.07. The molecule has 1 saturated carbocycles. The van der Waals surface area contributed by atoms with Gasteiger partial charge in [-0.2, -0.15) is 0 Å². The van der Waals surface area contributed by atoms with Crippen LogP contribution in [0.2, 0.25) is 0 Å². The Hall–Kier alpha value is -0.730. The van der Waals surface area contributed by atoms with Crippen LogP contribution in [0, 0.1) is 0 Å². The lowest BCUT2D eigenvalue weighted by Crippen LogP contribution is -2.56. The van der Waals surface area contributed by atoms with Crippen LogP contribution >= 0.6 is 0 Å². The summed E-state index contributed by atoms with van der Waals surface area (Å²) >= 11 is 0. The van der Waals surface area contributed by atoms with E-state index in [4.69, 9.17) is 0 Å². The van der Waals surface area contributed by atoms with E-state index in [2.05, 4.69) is 12.2 Å². The number of rotatable bonds is 2. The van der Waals surface area contributed by atoms with Crippen LogP contribution in [0.3, 0.4) is 0 Å². The van der Waals surface area contributed by atoms with Gasteiger partial charge in [0.25, 0.3) is 0 Å². The summed E-state index contributed by atoms with van der Waals surface area (Å²) < 4.78 is 0. The number of nitrogens with one attached hydrogen (secondary N) is 1. The molecule has 16 heavy (non-hydrogen) atoms. The van der Waals surface area contributed by atoms with E-state index in [9.17, 15) is 4.79 Å². The Balaban J connectivity index is 1.86. The summed E-state index contributed by atoms with van der Waals surface area (Å²) in [6.45, 7) is 4.08. The smallest absolute Gasteiger partial charge is 0.317 e. The summed E-state index contributed by atoms with van der Waals surface area (Å²) in [5.41, 5.74) is 0.142. The molecule has 0 spiro atoms. The Bertz CT molecular complexity index is 235. The molecule has 1 saturated heterocycles. The van der Waals surface area contributed by atoms with Crippen molar-refractivity contribution in [3.63, 3.8) is 0 Å². The predicted molar refractivity (Wildman–Crippen MR) is 65.4 cm³/mol. The normalized spacial score (nSPS) is 24.4. The van der Waals surface area contributed by atoms with Gasteiger partial charge in [-0.25, -0.2) is 4.79 Å². The highest BCUT2D eigenvalue weighted by Gasteiger charge is 2.37. The Morgan fingerprint density at radius 3 is 2.19 bits per heavy atom. The molecule has 0 radical (unpaired) electrons. The van der Waals surface area contributed by atoms with Gasteiger partial charge in [0.05, 0.1) is 0 Å². The SMILES string of the molecule is CCC1(NC(=O)N2CCCCCC2)CCC1. The van der Waals surface area contributed by atoms with E-state index in [1.807, 2.05) is 4.90 Å². The molecule has 92 valence electrons. The van der Waals surface area contributed by atoms with Gasteiger partial charge in [-0.05, 0) is 38.5 Å². The molecule has 0 atom stereocenters. The Morgan fingerprint density at radius 2 is 1.75 bits per heavy atom. The summed E-state index contributed by atoms with van der Waals surface area (Å²) in [4.78, 5) is 14.1. The first-order chi connectivity index (χ1) is 7.76. The van der Waals surface area contributed by atoms with Crippen LogP contribution in [0.15, 0.2) is 0 Å². The second-order valence-electron chi connectivity index (χ2n) is 5.32. The molecular formula is C13H24N2O. The van der Waals surface area contributed by atoms with Crippen molar-refractivity contribution in [1.82, 2.24) is 10.2 Å². The molecule has 1 aliphatic carbocycles. The van der Waals surface area contributed by atoms with Crippen LogP contribution in [0.4, 0.5) is 4.79 Å². The van der Waals surface area contributed by atoms with Gasteiger partial charge in [-0.3, -0.25) is 0 Å². The third-order valence-corrected chi connectivity index (χ3v) is 4.25. The van der Waals surface area contributed by atoms with Crippen molar-refractivity contribution < 1.29 is 4.79 Å². The van der Waals surface area contributed by atoms with E-state index in [-0.39, 0.29) is 11.6 Å². The van der Waals surface area contributed by atoms with Crippen molar-refractivity contribution in [2.75, 3.05) is 13.1 Å². The molecule has 1 N–H and O–H groups in total. The Labute approximate surface area is 98.6 Å². The lowest BCUT2D eigenvalue weighted by atomic mass is 9.75. The fourth-order valence-corrected chi connectivity index (χ4v) is 2.75. The molecular weight excluding hydrogens is 200 g/mol. The van der Waals surface area contributed by atoms with Crippen molar-refractivity contribution in [2.45, 2.75) is 63.8 Å². The van der Waals surface area contributed by atoms with E-state index in [1.54, 1.807) is 0 Å². The van der Waals surface area contributed by atoms with Crippen LogP contribution in [-0.2, 0) is 0 Å². The van der Waals surface area contributed by atoms with Gasteiger partial charge in [-0.1, -0.05) is 19.8 Å². The molecule has 2 aliphatic rings. The summed E-state index contributed by atoms with van der Waals surface area (Å²) in [6.07, 6.45) is 9.59. The van der Waals surface area contributed by atoms with Gasteiger partial charge in [-0.15, -0.1) is 0 Å². The molecule has 1 heterocycles. The third kappa shape index (κ3) is 2.50. The van der Waals surface area contributed by atoms with Gasteiger partial charge >= 0.3 is 6.03 Å². The quantitative estimate of drug-likeness (QED) is 0.768. The Morgan fingerprint density at radius 1 is 1.12 bits per heavy atom. The minimum Gasteiger partial charge on any atom is -0.333 e.